The molecule has 3 rings (SSSR count). The normalized spacial score (nSPS) is 14.5. The highest BCUT2D eigenvalue weighted by atomic mass is 19.3. The first-order valence-corrected chi connectivity index (χ1v) is 9.56. The number of hydrogen-bond donors (Lipinski definition) is 1. The highest BCUT2D eigenvalue weighted by molar-refractivity contribution is 5.94. The first-order chi connectivity index (χ1) is 14.5. The predicted molar refractivity (Wildman–Crippen MR) is 104 cm³/mol. The van der Waals surface area contributed by atoms with Crippen molar-refractivity contribution < 1.29 is 27.8 Å². The number of piperidine rings is 1. The number of alkyl halides is 2. The molecule has 1 fully saturated rings. The first-order valence-electron chi connectivity index (χ1n) is 9.56. The van der Waals surface area contributed by atoms with Crippen molar-refractivity contribution in [1.29, 1.82) is 0 Å². The van der Waals surface area contributed by atoms with Crippen LogP contribution in [0.15, 0.2) is 42.7 Å². The van der Waals surface area contributed by atoms with Crippen LogP contribution < -0.4 is 14.8 Å². The number of rotatable bonds is 7. The molecule has 160 valence electrons. The summed E-state index contributed by atoms with van der Waals surface area (Å²) in [5, 5.41) is 2.86. The van der Waals surface area contributed by atoms with Gasteiger partial charge in [0.25, 0.3) is 5.91 Å². The molecule has 1 saturated heterocycles. The minimum atomic E-state index is -2.94. The fraction of sp³-hybridized carbons (Fsp3) is 0.381. The number of carbonyl (C=O) groups is 2. The maximum Gasteiger partial charge on any atom is 0.387 e. The average molecular weight is 419 g/mol. The summed E-state index contributed by atoms with van der Waals surface area (Å²) in [4.78, 5) is 30.7. The van der Waals surface area contributed by atoms with Gasteiger partial charge < -0.3 is 19.7 Å². The summed E-state index contributed by atoms with van der Waals surface area (Å²) >= 11 is 0. The van der Waals surface area contributed by atoms with Gasteiger partial charge in [-0.05, 0) is 42.7 Å². The van der Waals surface area contributed by atoms with Crippen molar-refractivity contribution in [2.45, 2.75) is 26.0 Å². The van der Waals surface area contributed by atoms with Crippen LogP contribution in [-0.4, -0.2) is 48.5 Å². The number of amides is 2. The molecule has 1 N–H and O–H groups in total. The van der Waals surface area contributed by atoms with E-state index < -0.39 is 6.61 Å². The van der Waals surface area contributed by atoms with E-state index in [1.807, 2.05) is 0 Å². The lowest BCUT2D eigenvalue weighted by atomic mass is 9.95. The Morgan fingerprint density at radius 3 is 2.63 bits per heavy atom. The molecule has 2 amide bonds. The Morgan fingerprint density at radius 2 is 2.00 bits per heavy atom. The Morgan fingerprint density at radius 1 is 1.23 bits per heavy atom. The topological polar surface area (TPSA) is 80.8 Å². The molecule has 30 heavy (non-hydrogen) atoms. The number of carbonyl (C=O) groups excluding carboxylic acids is 2. The summed E-state index contributed by atoms with van der Waals surface area (Å²) in [6.07, 6.45) is 4.29. The number of benzene rings is 1. The van der Waals surface area contributed by atoms with Crippen molar-refractivity contribution in [3.63, 3.8) is 0 Å². The molecule has 1 aliphatic rings. The second-order valence-electron chi connectivity index (χ2n) is 6.89. The van der Waals surface area contributed by atoms with Crippen LogP contribution in [0.5, 0.6) is 11.5 Å². The van der Waals surface area contributed by atoms with Crippen LogP contribution in [0.2, 0.25) is 0 Å². The van der Waals surface area contributed by atoms with E-state index in [1.165, 1.54) is 19.4 Å². The number of halogens is 2. The standard InChI is InChI=1S/C21H23F2N3O4/c1-29-18-11-14(4-5-17(18)30-21(22)23)12-25-19(27)15-6-9-26(10-7-15)20(28)16-3-2-8-24-13-16/h2-5,8,11,13,15,21H,6-7,9-10,12H2,1H3,(H,25,27). The molecule has 2 heterocycles. The van der Waals surface area contributed by atoms with Crippen LogP contribution in [0.25, 0.3) is 0 Å². The molecule has 1 aromatic heterocycles. The Hall–Kier alpha value is -3.23. The van der Waals surface area contributed by atoms with Crippen LogP contribution >= 0.6 is 0 Å². The summed E-state index contributed by atoms with van der Waals surface area (Å²) in [6.45, 7) is -1.71. The third-order valence-corrected chi connectivity index (χ3v) is 4.97. The number of hydrogen-bond acceptors (Lipinski definition) is 5. The summed E-state index contributed by atoms with van der Waals surface area (Å²) in [6, 6.07) is 7.96. The minimum absolute atomic E-state index is 0.0618. The summed E-state index contributed by atoms with van der Waals surface area (Å²) in [5.74, 6) is -0.265. The van der Waals surface area contributed by atoms with Gasteiger partial charge in [0.15, 0.2) is 11.5 Å². The van der Waals surface area contributed by atoms with Crippen LogP contribution in [0.3, 0.4) is 0 Å². The molecule has 0 aliphatic carbocycles. The van der Waals surface area contributed by atoms with Crippen molar-refractivity contribution in [3.8, 4) is 11.5 Å². The Bertz CT molecular complexity index is 872. The lowest BCUT2D eigenvalue weighted by Crippen LogP contribution is -2.42. The molecule has 2 aromatic rings. The summed E-state index contributed by atoms with van der Waals surface area (Å²) in [7, 11) is 1.36. The van der Waals surface area contributed by atoms with Crippen LogP contribution in [0.4, 0.5) is 8.78 Å². The van der Waals surface area contributed by atoms with E-state index in [0.29, 0.717) is 37.1 Å². The Kier molecular flexibility index (Phi) is 7.16. The van der Waals surface area contributed by atoms with Gasteiger partial charge in [-0.1, -0.05) is 6.07 Å². The second kappa shape index (κ2) is 10.00. The molecule has 0 atom stereocenters. The molecule has 0 unspecified atom stereocenters. The van der Waals surface area contributed by atoms with Crippen LogP contribution in [0, 0.1) is 5.92 Å². The zero-order valence-electron chi connectivity index (χ0n) is 16.5. The van der Waals surface area contributed by atoms with Gasteiger partial charge in [-0.25, -0.2) is 0 Å². The molecule has 0 spiro atoms. The molecular formula is C21H23F2N3O4. The zero-order chi connectivity index (χ0) is 21.5. The van der Waals surface area contributed by atoms with Gasteiger partial charge in [-0.15, -0.1) is 0 Å². The number of pyridine rings is 1. The lowest BCUT2D eigenvalue weighted by Gasteiger charge is -2.31. The van der Waals surface area contributed by atoms with Crippen molar-refractivity contribution in [2.24, 2.45) is 5.92 Å². The molecule has 7 nitrogen and oxygen atoms in total. The van der Waals surface area contributed by atoms with Crippen molar-refractivity contribution in [3.05, 3.63) is 53.9 Å². The fourth-order valence-corrected chi connectivity index (χ4v) is 3.37. The maximum atomic E-state index is 12.5. The van der Waals surface area contributed by atoms with Gasteiger partial charge in [0.2, 0.25) is 5.91 Å². The van der Waals surface area contributed by atoms with Gasteiger partial charge in [-0.2, -0.15) is 8.78 Å². The highest BCUT2D eigenvalue weighted by Gasteiger charge is 2.27. The predicted octanol–water partition coefficient (Wildman–Crippen LogP) is 2.86. The van der Waals surface area contributed by atoms with Gasteiger partial charge in [0, 0.05) is 37.9 Å². The van der Waals surface area contributed by atoms with E-state index >= 15 is 0 Å². The molecule has 1 aromatic carbocycles. The largest absolute Gasteiger partial charge is 0.493 e. The van der Waals surface area contributed by atoms with Gasteiger partial charge >= 0.3 is 6.61 Å². The third-order valence-electron chi connectivity index (χ3n) is 4.97. The summed E-state index contributed by atoms with van der Waals surface area (Å²) in [5.41, 5.74) is 1.24. The van der Waals surface area contributed by atoms with E-state index in [1.54, 1.807) is 35.4 Å². The van der Waals surface area contributed by atoms with E-state index in [4.69, 9.17) is 4.74 Å². The number of nitrogens with one attached hydrogen (secondary N) is 1. The van der Waals surface area contributed by atoms with Crippen LogP contribution in [0.1, 0.15) is 28.8 Å². The fourth-order valence-electron chi connectivity index (χ4n) is 3.37. The van der Waals surface area contributed by atoms with Crippen molar-refractivity contribution in [2.75, 3.05) is 20.2 Å². The third kappa shape index (κ3) is 5.43. The maximum absolute atomic E-state index is 12.5. The molecular weight excluding hydrogens is 396 g/mol. The molecule has 0 bridgehead atoms. The molecule has 9 heteroatoms. The average Bonchev–Trinajstić information content (AvgIpc) is 2.78. The second-order valence-corrected chi connectivity index (χ2v) is 6.89. The number of aromatic nitrogens is 1. The molecule has 1 aliphatic heterocycles. The highest BCUT2D eigenvalue weighted by Crippen LogP contribution is 2.29. The smallest absolute Gasteiger partial charge is 0.387 e. The van der Waals surface area contributed by atoms with Gasteiger partial charge in [-0.3, -0.25) is 14.6 Å². The number of nitrogens with zero attached hydrogens (tertiary/aromatic N) is 2. The zero-order valence-corrected chi connectivity index (χ0v) is 16.5. The van der Waals surface area contributed by atoms with Crippen molar-refractivity contribution in [1.82, 2.24) is 15.2 Å². The van der Waals surface area contributed by atoms with Gasteiger partial charge in [0.05, 0.1) is 12.7 Å². The monoisotopic (exact) mass is 419 g/mol. The van der Waals surface area contributed by atoms with E-state index in [9.17, 15) is 18.4 Å². The van der Waals surface area contributed by atoms with E-state index in [2.05, 4.69) is 15.0 Å². The van der Waals surface area contributed by atoms with E-state index in [0.717, 1.165) is 0 Å². The first kappa shape index (κ1) is 21.5. The van der Waals surface area contributed by atoms with Crippen LogP contribution in [-0.2, 0) is 11.3 Å². The number of methoxy groups -OCH3 is 1. The number of ether oxygens (including phenoxy) is 2. The van der Waals surface area contributed by atoms with E-state index in [-0.39, 0.29) is 35.8 Å². The molecule has 0 saturated carbocycles. The quantitative estimate of drug-likeness (QED) is 0.747. The number of likely N-dealkylation sites (tertiary alicyclic amines) is 1. The lowest BCUT2D eigenvalue weighted by molar-refractivity contribution is -0.126. The van der Waals surface area contributed by atoms with Gasteiger partial charge in [0.1, 0.15) is 0 Å². The summed E-state index contributed by atoms with van der Waals surface area (Å²) < 4.78 is 34.3. The molecule has 0 radical (unpaired) electrons. The SMILES string of the molecule is COc1cc(CNC(=O)C2CCN(C(=O)c3cccnc3)CC2)ccc1OC(F)F. The Balaban J connectivity index is 1.50. The Labute approximate surface area is 173 Å². The minimum Gasteiger partial charge on any atom is -0.493 e. The van der Waals surface area contributed by atoms with Crippen molar-refractivity contribution >= 4 is 11.8 Å².